The molecule has 0 aliphatic carbocycles. The molecule has 0 heterocycles. The van der Waals surface area contributed by atoms with E-state index in [0.717, 1.165) is 24.2 Å². The van der Waals surface area contributed by atoms with Crippen LogP contribution in [0.2, 0.25) is 0 Å². The lowest BCUT2D eigenvalue weighted by Gasteiger charge is -2.38. The van der Waals surface area contributed by atoms with E-state index in [0.29, 0.717) is 50.0 Å². The van der Waals surface area contributed by atoms with E-state index < -0.39 is 137 Å². The van der Waals surface area contributed by atoms with Crippen molar-refractivity contribution >= 4 is 88.7 Å². The van der Waals surface area contributed by atoms with Crippen LogP contribution in [-0.2, 0) is 52.7 Å². The van der Waals surface area contributed by atoms with Crippen molar-refractivity contribution in [3.63, 3.8) is 0 Å². The molecule has 586 valence electrons. The first kappa shape index (κ1) is 93.6. The highest BCUT2D eigenvalue weighted by atomic mass is 32.2. The number of benzene rings is 1. The number of imide groups is 1. The average Bonchev–Trinajstić information content (AvgIpc) is 0.823. The number of esters is 1. The topological polar surface area (TPSA) is 363 Å². The molecule has 28 nitrogen and oxygen atoms in total. The molecular weight excluding hydrogens is 1340 g/mol. The second kappa shape index (κ2) is 47.1. The molecule has 0 bridgehead atoms. The number of unbranched alkanes of at least 4 members (excludes halogenated alkanes) is 5. The zero-order valence-corrected chi connectivity index (χ0v) is 66.6. The van der Waals surface area contributed by atoms with Crippen molar-refractivity contribution in [3.8, 4) is 0 Å². The van der Waals surface area contributed by atoms with Crippen LogP contribution in [0.15, 0.2) is 24.3 Å². The first-order chi connectivity index (χ1) is 48.2. The Morgan fingerprint density at radius 1 is 0.534 bits per heavy atom. The Labute approximate surface area is 617 Å². The van der Waals surface area contributed by atoms with Crippen molar-refractivity contribution < 1.29 is 77.3 Å². The zero-order valence-electron chi connectivity index (χ0n) is 65.8. The Hall–Kier alpha value is -7.40. The first-order valence-corrected chi connectivity index (χ1v) is 37.7. The number of thioether (sulfide) groups is 1. The van der Waals surface area contributed by atoms with E-state index in [9.17, 15) is 67.7 Å². The van der Waals surface area contributed by atoms with Crippen molar-refractivity contribution in [1.82, 2.24) is 61.3 Å². The lowest BCUT2D eigenvalue weighted by atomic mass is 9.90. The number of hydrogen-bond acceptors (Lipinski definition) is 17. The Morgan fingerprint density at radius 3 is 1.58 bits per heavy atom. The minimum Gasteiger partial charge on any atom is -0.465 e. The lowest BCUT2D eigenvalue weighted by Crippen LogP contribution is -2.62. The monoisotopic (exact) mass is 1470 g/mol. The molecule has 11 atom stereocenters. The van der Waals surface area contributed by atoms with E-state index in [2.05, 4.69) is 31.9 Å². The van der Waals surface area contributed by atoms with E-state index in [1.54, 1.807) is 45.9 Å². The predicted molar refractivity (Wildman–Crippen MR) is 399 cm³/mol. The molecule has 1 rings (SSSR count). The molecule has 1 aromatic carbocycles. The Bertz CT molecular complexity index is 2930. The first-order valence-electron chi connectivity index (χ1n) is 36.5. The van der Waals surface area contributed by atoms with E-state index in [4.69, 9.17) is 4.74 Å². The van der Waals surface area contributed by atoms with Gasteiger partial charge in [0.2, 0.25) is 53.2 Å². The summed E-state index contributed by atoms with van der Waals surface area (Å²) in [7, 11) is 11.1. The van der Waals surface area contributed by atoms with Gasteiger partial charge < -0.3 is 71.4 Å². The number of hydrogen-bond donors (Lipinski definition) is 8. The third-order valence-corrected chi connectivity index (χ3v) is 19.4. The van der Waals surface area contributed by atoms with Crippen molar-refractivity contribution in [1.29, 1.82) is 0 Å². The highest BCUT2D eigenvalue weighted by molar-refractivity contribution is 7.99. The third-order valence-electron chi connectivity index (χ3n) is 18.3. The molecule has 1 unspecified atom stereocenters. The van der Waals surface area contributed by atoms with Crippen LogP contribution in [0.25, 0.3) is 0 Å². The highest BCUT2D eigenvalue weighted by Gasteiger charge is 2.43. The van der Waals surface area contributed by atoms with Crippen LogP contribution < -0.4 is 31.9 Å². The Kier molecular flexibility index (Phi) is 42.8. The molecule has 0 aliphatic heterocycles. The predicted octanol–water partition coefficient (Wildman–Crippen LogP) is 5.21. The molecule has 0 spiro atoms. The van der Waals surface area contributed by atoms with Crippen LogP contribution in [0.1, 0.15) is 201 Å². The Morgan fingerprint density at radius 2 is 1.05 bits per heavy atom. The fraction of sp³-hybridized carbons (Fsp3) is 0.743. The maximum Gasteiger partial charge on any atom is 0.337 e. The van der Waals surface area contributed by atoms with Gasteiger partial charge in [-0.3, -0.25) is 57.6 Å². The van der Waals surface area contributed by atoms with Gasteiger partial charge in [-0.05, 0) is 125 Å². The number of nitrogens with one attached hydrogen (secondary N) is 6. The molecule has 0 radical (unpaired) electrons. The van der Waals surface area contributed by atoms with Crippen molar-refractivity contribution in [3.05, 3.63) is 35.4 Å². The van der Waals surface area contributed by atoms with Gasteiger partial charge in [-0.2, -0.15) is 11.8 Å². The molecule has 103 heavy (non-hydrogen) atoms. The van der Waals surface area contributed by atoms with Gasteiger partial charge in [-0.1, -0.05) is 115 Å². The quantitative estimate of drug-likeness (QED) is 0.0307. The van der Waals surface area contributed by atoms with E-state index in [1.807, 2.05) is 55.4 Å². The van der Waals surface area contributed by atoms with E-state index in [1.165, 1.54) is 113 Å². The minimum atomic E-state index is -1.41. The zero-order chi connectivity index (χ0) is 78.9. The summed E-state index contributed by atoms with van der Waals surface area (Å²) < 4.78 is 4.76. The van der Waals surface area contributed by atoms with E-state index >= 15 is 4.79 Å². The molecule has 0 aromatic heterocycles. The summed E-state index contributed by atoms with van der Waals surface area (Å²) in [6, 6.07) is -5.35. The fourth-order valence-corrected chi connectivity index (χ4v) is 12.9. The molecule has 29 heteroatoms. The standard InChI is InChI=1S/C74H128N12O16S/c1-23-54(79-67(94)61(85(20)59(88)41-47(8)9)62(89)49(12)32-27-25-24-26-28-35-76-64(91)52-33-31-34-53(42-52)73(100)102-22)69(96)84(19)58(43-103-37-30-29-36-87)71(98)81(16)56(39-45(4)5)66(93)80-60(48(10)11)72(99)82(17)55(38-44(2)3)65(92)77-50(13)63(90)78-51(14)68(95)83(18)57(40-46(6)7)70(97)86(21)74(101)75-15/h31,33-34,42,44-51,54-58,60-62,87,89H,23-30,32,35-41,43H2,1-22H3,(H,75,101)(H,76,91)(H,77,92)(H,78,90)(H,79,94)(H,80,93)/t49-,50-,51+,54+,55+,56+,57+,58-,60+,61?,62-/m1/s1. The number of ether oxygens (including phenoxy) is 1. The van der Waals surface area contributed by atoms with Crippen molar-refractivity contribution in [2.24, 2.45) is 35.5 Å². The second-order valence-corrected chi connectivity index (χ2v) is 30.4. The number of urea groups is 1. The average molecular weight is 1470 g/mol. The summed E-state index contributed by atoms with van der Waals surface area (Å²) in [6.45, 7) is 25.0. The van der Waals surface area contributed by atoms with Crippen LogP contribution in [0.3, 0.4) is 0 Å². The molecular formula is C74H128N12O16S. The van der Waals surface area contributed by atoms with Crippen LogP contribution in [-0.4, -0.2) is 258 Å². The summed E-state index contributed by atoms with van der Waals surface area (Å²) in [5, 5.41) is 37.9. The molecule has 1 aromatic rings. The number of rotatable bonds is 46. The van der Waals surface area contributed by atoms with Gasteiger partial charge in [-0.15, -0.1) is 0 Å². The normalized spacial score (nSPS) is 14.7. The molecule has 8 N–H and O–H groups in total. The number of carbonyl (C=O) groups is 13. The summed E-state index contributed by atoms with van der Waals surface area (Å²) in [5.41, 5.74) is 0.614. The van der Waals surface area contributed by atoms with Gasteiger partial charge in [-0.25, -0.2) is 9.59 Å². The molecule has 0 saturated carbocycles. The number of nitrogens with zero attached hydrogens (tertiary/aromatic N) is 6. The maximum absolute atomic E-state index is 15.2. The van der Waals surface area contributed by atoms with Gasteiger partial charge in [0, 0.05) is 80.2 Å². The smallest absolute Gasteiger partial charge is 0.337 e. The van der Waals surface area contributed by atoms with Crippen LogP contribution in [0, 0.1) is 35.5 Å². The SMILES string of the molecule is CC[C@H](NC(=O)C([C@H](O)[C@H](C)CCCCCCCNC(=O)c1cccc(C(=O)OC)c1)N(C)C(=O)CC(C)C)C(=O)N(C)[C@H](CSCCCCO)C(=O)N(C)[C@@H](CC(C)C)C(=O)N[C@H](C(=O)N(C)[C@@H](CC(C)C)C(=O)N[C@H](C)C(=O)N[C@@H](C)C(=O)N(C)[C@@H](CC(C)C)C(=O)N(C)C(=O)NC)C(C)C. The van der Waals surface area contributed by atoms with Crippen LogP contribution >= 0.6 is 11.8 Å². The van der Waals surface area contributed by atoms with E-state index in [-0.39, 0.29) is 85.5 Å². The van der Waals surface area contributed by atoms with Crippen molar-refractivity contribution in [2.75, 3.05) is 81.1 Å². The number of methoxy groups -OCH3 is 1. The molecule has 0 fully saturated rings. The fourth-order valence-electron chi connectivity index (χ4n) is 11.8. The van der Waals surface area contributed by atoms with Crippen LogP contribution in [0.4, 0.5) is 4.79 Å². The van der Waals surface area contributed by atoms with Gasteiger partial charge in [0.25, 0.3) is 11.8 Å². The number of amides is 13. The van der Waals surface area contributed by atoms with Gasteiger partial charge in [0.05, 0.1) is 18.8 Å². The lowest BCUT2D eigenvalue weighted by molar-refractivity contribution is -0.150. The highest BCUT2D eigenvalue weighted by Crippen LogP contribution is 2.25. The summed E-state index contributed by atoms with van der Waals surface area (Å²) in [4.78, 5) is 188. The summed E-state index contributed by atoms with van der Waals surface area (Å²) >= 11 is 1.36. The second-order valence-electron chi connectivity index (χ2n) is 29.3. The third kappa shape index (κ3) is 30.7. The van der Waals surface area contributed by atoms with Crippen LogP contribution in [0.5, 0.6) is 0 Å². The van der Waals surface area contributed by atoms with Crippen molar-refractivity contribution in [2.45, 2.75) is 241 Å². The molecule has 0 aliphatic rings. The number of aliphatic hydroxyl groups is 2. The summed E-state index contributed by atoms with van der Waals surface area (Å²) in [6.07, 6.45) is 4.61. The number of carbonyl (C=O) groups excluding carboxylic acids is 13. The Balaban J connectivity index is 3.50. The molecule has 0 saturated heterocycles. The molecule has 13 amide bonds. The number of likely N-dealkylation sites (N-methyl/N-ethyl adjacent to an activating group) is 6. The largest absolute Gasteiger partial charge is 0.465 e. The minimum absolute atomic E-state index is 0.0420. The maximum atomic E-state index is 15.2. The number of aliphatic hydroxyl groups excluding tert-OH is 2. The van der Waals surface area contributed by atoms with Gasteiger partial charge in [0.1, 0.15) is 54.4 Å². The van der Waals surface area contributed by atoms with Gasteiger partial charge in [0.15, 0.2) is 0 Å². The summed E-state index contributed by atoms with van der Waals surface area (Å²) in [5.74, 6) is -8.31. The van der Waals surface area contributed by atoms with Gasteiger partial charge >= 0.3 is 12.0 Å².